The van der Waals surface area contributed by atoms with Crippen LogP contribution >= 0.6 is 0 Å². The summed E-state index contributed by atoms with van der Waals surface area (Å²) in [4.78, 5) is 19.6. The van der Waals surface area contributed by atoms with Crippen LogP contribution in [0.5, 0.6) is 0 Å². The molecule has 0 aliphatic rings. The highest BCUT2D eigenvalue weighted by atomic mass is 16.3. The monoisotopic (exact) mass is 144 g/mol. The molecule has 0 spiro atoms. The first-order chi connectivity index (χ1) is 4.81. The maximum Gasteiger partial charge on any atom is 0.122 e. The number of aliphatic hydroxyl groups is 1. The lowest BCUT2D eigenvalue weighted by atomic mass is 10.1. The molecule has 3 nitrogen and oxygen atoms in total. The summed E-state index contributed by atoms with van der Waals surface area (Å²) in [5.74, 6) is 0. The van der Waals surface area contributed by atoms with Gasteiger partial charge in [-0.3, -0.25) is 0 Å². The Balaban J connectivity index is 3.11. The summed E-state index contributed by atoms with van der Waals surface area (Å²) in [7, 11) is 0. The van der Waals surface area contributed by atoms with Crippen molar-refractivity contribution in [3.63, 3.8) is 0 Å². The third-order valence-electron chi connectivity index (χ3n) is 1.23. The predicted molar refractivity (Wildman–Crippen MR) is 36.6 cm³/mol. The average molecular weight is 144 g/mol. The van der Waals surface area contributed by atoms with Gasteiger partial charge in [0.05, 0.1) is 6.10 Å². The van der Waals surface area contributed by atoms with Gasteiger partial charge in [-0.05, 0) is 12.8 Å². The van der Waals surface area contributed by atoms with Crippen molar-refractivity contribution in [1.29, 1.82) is 0 Å². The number of aldehydes is 2. The molecule has 0 aromatic rings. The van der Waals surface area contributed by atoms with Crippen molar-refractivity contribution in [2.75, 3.05) is 0 Å². The van der Waals surface area contributed by atoms with Crippen LogP contribution in [0.3, 0.4) is 0 Å². The SMILES string of the molecule is O=CCCCC(O)CC=O. The maximum absolute atomic E-state index is 9.82. The van der Waals surface area contributed by atoms with Gasteiger partial charge in [-0.25, -0.2) is 0 Å². The minimum atomic E-state index is -0.558. The van der Waals surface area contributed by atoms with Crippen molar-refractivity contribution in [2.24, 2.45) is 0 Å². The first kappa shape index (κ1) is 9.30. The number of rotatable bonds is 6. The van der Waals surface area contributed by atoms with Crippen molar-refractivity contribution >= 4 is 12.6 Å². The van der Waals surface area contributed by atoms with E-state index in [0.29, 0.717) is 25.5 Å². The van der Waals surface area contributed by atoms with E-state index in [2.05, 4.69) is 0 Å². The molecule has 0 aromatic heterocycles. The lowest BCUT2D eigenvalue weighted by molar-refractivity contribution is -0.109. The Bertz CT molecular complexity index is 101. The number of carbonyl (C=O) groups is 2. The quantitative estimate of drug-likeness (QED) is 0.431. The average Bonchev–Trinajstić information content (AvgIpc) is 1.89. The lowest BCUT2D eigenvalue weighted by Gasteiger charge is -2.02. The van der Waals surface area contributed by atoms with E-state index < -0.39 is 6.10 Å². The lowest BCUT2D eigenvalue weighted by Crippen LogP contribution is -2.06. The van der Waals surface area contributed by atoms with Gasteiger partial charge in [0, 0.05) is 12.8 Å². The molecule has 3 heteroatoms. The Labute approximate surface area is 60.0 Å². The van der Waals surface area contributed by atoms with Gasteiger partial charge in [-0.2, -0.15) is 0 Å². The van der Waals surface area contributed by atoms with Crippen LogP contribution in [0.4, 0.5) is 0 Å². The molecular weight excluding hydrogens is 132 g/mol. The van der Waals surface area contributed by atoms with E-state index >= 15 is 0 Å². The highest BCUT2D eigenvalue weighted by Gasteiger charge is 2.00. The molecule has 0 aromatic carbocycles. The zero-order valence-corrected chi connectivity index (χ0v) is 5.82. The number of aliphatic hydroxyl groups excluding tert-OH is 1. The van der Waals surface area contributed by atoms with Crippen LogP contribution in [0.15, 0.2) is 0 Å². The van der Waals surface area contributed by atoms with Crippen molar-refractivity contribution < 1.29 is 14.7 Å². The fourth-order valence-electron chi connectivity index (χ4n) is 0.666. The minimum Gasteiger partial charge on any atom is -0.393 e. The van der Waals surface area contributed by atoms with Crippen LogP contribution in [0.1, 0.15) is 25.7 Å². The fraction of sp³-hybridized carbons (Fsp3) is 0.714. The standard InChI is InChI=1S/C7H12O3/c8-5-2-1-3-7(10)4-6-9/h5-7,10H,1-4H2. The van der Waals surface area contributed by atoms with E-state index in [9.17, 15) is 9.59 Å². The number of unbranched alkanes of at least 4 members (excludes halogenated alkanes) is 1. The minimum absolute atomic E-state index is 0.179. The molecule has 1 atom stereocenters. The van der Waals surface area contributed by atoms with Crippen LogP contribution in [0.2, 0.25) is 0 Å². The fourth-order valence-corrected chi connectivity index (χ4v) is 0.666. The number of hydrogen-bond acceptors (Lipinski definition) is 3. The Morgan fingerprint density at radius 3 is 2.50 bits per heavy atom. The molecule has 0 aliphatic carbocycles. The first-order valence-corrected chi connectivity index (χ1v) is 3.36. The second kappa shape index (κ2) is 6.42. The Morgan fingerprint density at radius 1 is 1.30 bits per heavy atom. The van der Waals surface area contributed by atoms with Crippen molar-refractivity contribution in [2.45, 2.75) is 31.8 Å². The van der Waals surface area contributed by atoms with Gasteiger partial charge in [-0.1, -0.05) is 0 Å². The summed E-state index contributed by atoms with van der Waals surface area (Å²) in [5.41, 5.74) is 0. The zero-order chi connectivity index (χ0) is 7.82. The van der Waals surface area contributed by atoms with E-state index in [4.69, 9.17) is 5.11 Å². The van der Waals surface area contributed by atoms with Crippen LogP contribution < -0.4 is 0 Å². The van der Waals surface area contributed by atoms with E-state index in [1.807, 2.05) is 0 Å². The summed E-state index contributed by atoms with van der Waals surface area (Å²) in [6.45, 7) is 0. The van der Waals surface area contributed by atoms with E-state index in [0.717, 1.165) is 6.29 Å². The van der Waals surface area contributed by atoms with E-state index in [1.54, 1.807) is 0 Å². The molecule has 0 heterocycles. The van der Waals surface area contributed by atoms with Gasteiger partial charge in [0.15, 0.2) is 0 Å². The maximum atomic E-state index is 9.82. The largest absolute Gasteiger partial charge is 0.393 e. The number of hydrogen-bond donors (Lipinski definition) is 1. The first-order valence-electron chi connectivity index (χ1n) is 3.36. The van der Waals surface area contributed by atoms with Crippen LogP contribution in [-0.4, -0.2) is 23.8 Å². The van der Waals surface area contributed by atoms with Gasteiger partial charge >= 0.3 is 0 Å². The zero-order valence-electron chi connectivity index (χ0n) is 5.82. The Hall–Kier alpha value is -0.700. The molecular formula is C7H12O3. The van der Waals surface area contributed by atoms with Gasteiger partial charge in [0.2, 0.25) is 0 Å². The summed E-state index contributed by atoms with van der Waals surface area (Å²) < 4.78 is 0. The van der Waals surface area contributed by atoms with Crippen LogP contribution in [0.25, 0.3) is 0 Å². The normalized spacial score (nSPS) is 12.5. The third-order valence-corrected chi connectivity index (χ3v) is 1.23. The highest BCUT2D eigenvalue weighted by molar-refractivity contribution is 5.50. The Kier molecular flexibility index (Phi) is 5.97. The van der Waals surface area contributed by atoms with Crippen molar-refractivity contribution in [3.05, 3.63) is 0 Å². The molecule has 0 amide bonds. The van der Waals surface area contributed by atoms with Crippen LogP contribution in [0, 0.1) is 0 Å². The molecule has 1 unspecified atom stereocenters. The van der Waals surface area contributed by atoms with Crippen molar-refractivity contribution in [1.82, 2.24) is 0 Å². The summed E-state index contributed by atoms with van der Waals surface area (Å²) in [5, 5.41) is 8.93. The molecule has 0 fully saturated rings. The van der Waals surface area contributed by atoms with Gasteiger partial charge < -0.3 is 14.7 Å². The molecule has 0 saturated heterocycles. The molecule has 0 saturated carbocycles. The highest BCUT2D eigenvalue weighted by Crippen LogP contribution is 2.00. The summed E-state index contributed by atoms with van der Waals surface area (Å²) in [6.07, 6.45) is 2.79. The molecule has 58 valence electrons. The third kappa shape index (κ3) is 5.44. The van der Waals surface area contributed by atoms with Crippen LogP contribution in [-0.2, 0) is 9.59 Å². The Morgan fingerprint density at radius 2 is 2.00 bits per heavy atom. The molecule has 0 aliphatic heterocycles. The molecule has 0 radical (unpaired) electrons. The summed E-state index contributed by atoms with van der Waals surface area (Å²) in [6, 6.07) is 0. The van der Waals surface area contributed by atoms with Crippen molar-refractivity contribution in [3.8, 4) is 0 Å². The molecule has 0 bridgehead atoms. The molecule has 1 N–H and O–H groups in total. The number of carbonyl (C=O) groups excluding carboxylic acids is 2. The smallest absolute Gasteiger partial charge is 0.122 e. The second-order valence-electron chi connectivity index (χ2n) is 2.15. The summed E-state index contributed by atoms with van der Waals surface area (Å²) >= 11 is 0. The van der Waals surface area contributed by atoms with E-state index in [-0.39, 0.29) is 6.42 Å². The topological polar surface area (TPSA) is 54.4 Å². The van der Waals surface area contributed by atoms with Gasteiger partial charge in [-0.15, -0.1) is 0 Å². The van der Waals surface area contributed by atoms with E-state index in [1.165, 1.54) is 0 Å². The van der Waals surface area contributed by atoms with Gasteiger partial charge in [0.1, 0.15) is 12.6 Å². The second-order valence-corrected chi connectivity index (χ2v) is 2.15. The predicted octanol–water partition coefficient (Wildman–Crippen LogP) is 0.305. The molecule has 10 heavy (non-hydrogen) atoms. The van der Waals surface area contributed by atoms with Gasteiger partial charge in [0.25, 0.3) is 0 Å². The molecule has 0 rings (SSSR count).